The summed E-state index contributed by atoms with van der Waals surface area (Å²) in [6.07, 6.45) is 3.70. The maximum atomic E-state index is 11.0. The standard InChI is InChI=1S/C14H19N3O2/c1-10-2-5-14(17(18)19)13(8-10)15-11-6-7-16(9-11)12-3-4-12/h2,5,8,11-12,15H,3-4,6-7,9H2,1H3. The Morgan fingerprint density at radius 3 is 2.84 bits per heavy atom. The third-order valence-electron chi connectivity index (χ3n) is 3.99. The highest BCUT2D eigenvalue weighted by atomic mass is 16.6. The molecule has 0 bridgehead atoms. The van der Waals surface area contributed by atoms with Crippen LogP contribution in [0.15, 0.2) is 18.2 Å². The monoisotopic (exact) mass is 261 g/mol. The van der Waals surface area contributed by atoms with Crippen LogP contribution in [0.5, 0.6) is 0 Å². The number of nitrogens with zero attached hydrogens (tertiary/aromatic N) is 2. The summed E-state index contributed by atoms with van der Waals surface area (Å²) in [5.41, 5.74) is 1.88. The fraction of sp³-hybridized carbons (Fsp3) is 0.571. The Morgan fingerprint density at radius 1 is 1.37 bits per heavy atom. The molecular weight excluding hydrogens is 242 g/mol. The van der Waals surface area contributed by atoms with Crippen LogP contribution < -0.4 is 5.32 Å². The van der Waals surface area contributed by atoms with Gasteiger partial charge in [0.2, 0.25) is 0 Å². The summed E-state index contributed by atoms with van der Waals surface area (Å²) >= 11 is 0. The first kappa shape index (κ1) is 12.4. The molecule has 2 aliphatic rings. The van der Waals surface area contributed by atoms with E-state index in [9.17, 15) is 10.1 Å². The zero-order chi connectivity index (χ0) is 13.4. The second-order valence-electron chi connectivity index (χ2n) is 5.63. The lowest BCUT2D eigenvalue weighted by atomic mass is 10.1. The molecule has 102 valence electrons. The number of benzene rings is 1. The minimum absolute atomic E-state index is 0.176. The Balaban J connectivity index is 1.72. The molecule has 1 aromatic rings. The molecule has 1 saturated carbocycles. The first-order chi connectivity index (χ1) is 9.13. The Kier molecular flexibility index (Phi) is 3.14. The molecule has 1 aliphatic carbocycles. The summed E-state index contributed by atoms with van der Waals surface area (Å²) in [6.45, 7) is 4.08. The maximum absolute atomic E-state index is 11.0. The average molecular weight is 261 g/mol. The molecule has 2 fully saturated rings. The first-order valence-corrected chi connectivity index (χ1v) is 6.89. The number of rotatable bonds is 4. The molecule has 1 saturated heterocycles. The van der Waals surface area contributed by atoms with Gasteiger partial charge in [-0.2, -0.15) is 0 Å². The van der Waals surface area contributed by atoms with Gasteiger partial charge in [-0.15, -0.1) is 0 Å². The number of aryl methyl sites for hydroxylation is 1. The van der Waals surface area contributed by atoms with E-state index in [0.717, 1.165) is 31.1 Å². The fourth-order valence-electron chi connectivity index (χ4n) is 2.82. The molecule has 5 heteroatoms. The minimum atomic E-state index is -0.310. The molecule has 0 spiro atoms. The summed E-state index contributed by atoms with van der Waals surface area (Å²) < 4.78 is 0. The van der Waals surface area contributed by atoms with Crippen LogP contribution in [0.4, 0.5) is 11.4 Å². The van der Waals surface area contributed by atoms with E-state index >= 15 is 0 Å². The zero-order valence-electron chi connectivity index (χ0n) is 11.1. The van der Waals surface area contributed by atoms with E-state index in [4.69, 9.17) is 0 Å². The highest BCUT2D eigenvalue weighted by molar-refractivity contribution is 5.63. The van der Waals surface area contributed by atoms with Crippen molar-refractivity contribution in [3.63, 3.8) is 0 Å². The van der Waals surface area contributed by atoms with Crippen molar-refractivity contribution >= 4 is 11.4 Å². The van der Waals surface area contributed by atoms with Gasteiger partial charge in [0.15, 0.2) is 0 Å². The summed E-state index contributed by atoms with van der Waals surface area (Å²) in [5, 5.41) is 14.4. The highest BCUT2D eigenvalue weighted by Gasteiger charge is 2.34. The smallest absolute Gasteiger partial charge is 0.292 e. The van der Waals surface area contributed by atoms with Gasteiger partial charge in [0.25, 0.3) is 5.69 Å². The predicted octanol–water partition coefficient (Wildman–Crippen LogP) is 2.55. The van der Waals surface area contributed by atoms with Crippen LogP contribution in [-0.4, -0.2) is 35.0 Å². The number of anilines is 1. The van der Waals surface area contributed by atoms with Crippen molar-refractivity contribution in [3.8, 4) is 0 Å². The van der Waals surface area contributed by atoms with E-state index in [1.54, 1.807) is 12.1 Å². The third-order valence-corrected chi connectivity index (χ3v) is 3.99. The minimum Gasteiger partial charge on any atom is -0.375 e. The van der Waals surface area contributed by atoms with E-state index in [-0.39, 0.29) is 10.6 Å². The summed E-state index contributed by atoms with van der Waals surface area (Å²) in [5.74, 6) is 0. The molecule has 19 heavy (non-hydrogen) atoms. The van der Waals surface area contributed by atoms with Crippen molar-refractivity contribution < 1.29 is 4.92 Å². The van der Waals surface area contributed by atoms with E-state index in [1.807, 2.05) is 13.0 Å². The van der Waals surface area contributed by atoms with Crippen LogP contribution in [0.2, 0.25) is 0 Å². The van der Waals surface area contributed by atoms with Crippen molar-refractivity contribution in [1.82, 2.24) is 4.90 Å². The Morgan fingerprint density at radius 2 is 2.16 bits per heavy atom. The summed E-state index contributed by atoms with van der Waals surface area (Å²) in [6, 6.07) is 6.36. The predicted molar refractivity (Wildman–Crippen MR) is 74.5 cm³/mol. The maximum Gasteiger partial charge on any atom is 0.292 e. The molecule has 1 N–H and O–H groups in total. The number of nitrogens with one attached hydrogen (secondary N) is 1. The van der Waals surface area contributed by atoms with Gasteiger partial charge in [0.1, 0.15) is 5.69 Å². The molecule has 5 nitrogen and oxygen atoms in total. The van der Waals surface area contributed by atoms with E-state index in [2.05, 4.69) is 10.2 Å². The number of hydrogen-bond donors (Lipinski definition) is 1. The normalized spacial score (nSPS) is 23.5. The van der Waals surface area contributed by atoms with E-state index < -0.39 is 0 Å². The van der Waals surface area contributed by atoms with E-state index in [1.165, 1.54) is 12.8 Å². The van der Waals surface area contributed by atoms with Crippen molar-refractivity contribution in [2.75, 3.05) is 18.4 Å². The zero-order valence-corrected chi connectivity index (χ0v) is 11.1. The second kappa shape index (κ2) is 4.81. The first-order valence-electron chi connectivity index (χ1n) is 6.89. The Bertz CT molecular complexity index is 499. The SMILES string of the molecule is Cc1ccc([N+](=O)[O-])c(NC2CCN(C3CC3)C2)c1. The van der Waals surface area contributed by atoms with Gasteiger partial charge in [0.05, 0.1) is 4.92 Å². The van der Waals surface area contributed by atoms with Crippen LogP contribution >= 0.6 is 0 Å². The van der Waals surface area contributed by atoms with Gasteiger partial charge in [0, 0.05) is 31.2 Å². The van der Waals surface area contributed by atoms with Crippen LogP contribution in [0.25, 0.3) is 0 Å². The molecule has 1 aromatic carbocycles. The van der Waals surface area contributed by atoms with Crippen LogP contribution in [0, 0.1) is 17.0 Å². The van der Waals surface area contributed by atoms with Gasteiger partial charge < -0.3 is 5.32 Å². The molecule has 0 amide bonds. The lowest BCUT2D eigenvalue weighted by Crippen LogP contribution is -2.27. The van der Waals surface area contributed by atoms with E-state index in [0.29, 0.717) is 11.7 Å². The van der Waals surface area contributed by atoms with Gasteiger partial charge in [-0.25, -0.2) is 0 Å². The van der Waals surface area contributed by atoms with Crippen molar-refractivity contribution in [3.05, 3.63) is 33.9 Å². The fourth-order valence-corrected chi connectivity index (χ4v) is 2.82. The van der Waals surface area contributed by atoms with Gasteiger partial charge >= 0.3 is 0 Å². The number of hydrogen-bond acceptors (Lipinski definition) is 4. The molecule has 1 unspecified atom stereocenters. The van der Waals surface area contributed by atoms with Crippen molar-refractivity contribution in [2.45, 2.75) is 38.3 Å². The third kappa shape index (κ3) is 2.71. The molecule has 1 aliphatic heterocycles. The molecule has 0 radical (unpaired) electrons. The Hall–Kier alpha value is -1.62. The van der Waals surface area contributed by atoms with Gasteiger partial charge in [-0.05, 0) is 37.8 Å². The molecule has 1 atom stereocenters. The summed E-state index contributed by atoms with van der Waals surface area (Å²) in [7, 11) is 0. The topological polar surface area (TPSA) is 58.4 Å². The number of likely N-dealkylation sites (tertiary alicyclic amines) is 1. The second-order valence-corrected chi connectivity index (χ2v) is 5.63. The quantitative estimate of drug-likeness (QED) is 0.668. The molecule has 1 heterocycles. The number of nitro groups is 1. The van der Waals surface area contributed by atoms with Crippen molar-refractivity contribution in [1.29, 1.82) is 0 Å². The van der Waals surface area contributed by atoms with Crippen LogP contribution in [0.1, 0.15) is 24.8 Å². The van der Waals surface area contributed by atoms with Gasteiger partial charge in [-0.3, -0.25) is 15.0 Å². The lowest BCUT2D eigenvalue weighted by molar-refractivity contribution is -0.384. The van der Waals surface area contributed by atoms with Crippen LogP contribution in [-0.2, 0) is 0 Å². The number of nitro benzene ring substituents is 1. The lowest BCUT2D eigenvalue weighted by Gasteiger charge is -2.17. The molecule has 0 aromatic heterocycles. The molecular formula is C14H19N3O2. The van der Waals surface area contributed by atoms with Crippen LogP contribution in [0.3, 0.4) is 0 Å². The summed E-state index contributed by atoms with van der Waals surface area (Å²) in [4.78, 5) is 13.2. The Labute approximate surface area is 112 Å². The molecule has 3 rings (SSSR count). The van der Waals surface area contributed by atoms with Crippen molar-refractivity contribution in [2.24, 2.45) is 0 Å². The average Bonchev–Trinajstić information content (AvgIpc) is 3.10. The highest BCUT2D eigenvalue weighted by Crippen LogP contribution is 2.32. The van der Waals surface area contributed by atoms with Gasteiger partial charge in [-0.1, -0.05) is 6.07 Å². The largest absolute Gasteiger partial charge is 0.375 e.